The molecule has 2 atom stereocenters. The van der Waals surface area contributed by atoms with Gasteiger partial charge in [0.15, 0.2) is 0 Å². The first-order chi connectivity index (χ1) is 16.0. The van der Waals surface area contributed by atoms with Gasteiger partial charge in [-0.05, 0) is 60.0 Å². The van der Waals surface area contributed by atoms with E-state index >= 15 is 0 Å². The molecular formula is C27H25ClN4O. The van der Waals surface area contributed by atoms with Crippen molar-refractivity contribution in [3.63, 3.8) is 0 Å². The number of piperazine rings is 1. The van der Waals surface area contributed by atoms with Crippen LogP contribution in [-0.2, 0) is 0 Å². The molecule has 0 saturated carbocycles. The van der Waals surface area contributed by atoms with Crippen LogP contribution in [0.5, 0.6) is 0 Å². The van der Waals surface area contributed by atoms with Crippen LogP contribution in [0.1, 0.15) is 40.0 Å². The summed E-state index contributed by atoms with van der Waals surface area (Å²) in [7, 11) is 0. The van der Waals surface area contributed by atoms with E-state index in [4.69, 9.17) is 16.9 Å². The standard InChI is InChI=1S/C27H25ClN4O/c1-19-2-11-25(23(14-19)16-30)32-13-12-31(17-26(32)21-7-9-24(28)10-8-21)18-27(33)22-5-3-20(15-29)4-6-22/h2-11,14,26-27,33H,12-13,17-18H2,1H3/t26-,27+/m0/s1. The lowest BCUT2D eigenvalue weighted by atomic mass is 9.98. The number of nitrogens with zero attached hydrogens (tertiary/aromatic N) is 4. The van der Waals surface area contributed by atoms with Gasteiger partial charge in [-0.1, -0.05) is 41.9 Å². The van der Waals surface area contributed by atoms with Gasteiger partial charge in [0.25, 0.3) is 0 Å². The van der Waals surface area contributed by atoms with Crippen LogP contribution in [0.25, 0.3) is 0 Å². The Morgan fingerprint density at radius 1 is 1.00 bits per heavy atom. The average Bonchev–Trinajstić information content (AvgIpc) is 2.84. The molecule has 0 aromatic heterocycles. The van der Waals surface area contributed by atoms with Crippen molar-refractivity contribution in [1.29, 1.82) is 10.5 Å². The van der Waals surface area contributed by atoms with Crippen LogP contribution in [0.2, 0.25) is 5.02 Å². The number of β-amino-alcohol motifs (C(OH)–C–C–N with tert-alkyl or cyclic N) is 1. The average molecular weight is 457 g/mol. The molecule has 0 aliphatic carbocycles. The van der Waals surface area contributed by atoms with Crippen LogP contribution in [0.3, 0.4) is 0 Å². The highest BCUT2D eigenvalue weighted by Gasteiger charge is 2.31. The molecule has 166 valence electrons. The Bertz CT molecular complexity index is 1190. The first-order valence-corrected chi connectivity index (χ1v) is 11.3. The van der Waals surface area contributed by atoms with Crippen molar-refractivity contribution in [2.75, 3.05) is 31.1 Å². The van der Waals surface area contributed by atoms with Crippen molar-refractivity contribution < 1.29 is 5.11 Å². The summed E-state index contributed by atoms with van der Waals surface area (Å²) < 4.78 is 0. The molecule has 1 saturated heterocycles. The van der Waals surface area contributed by atoms with Gasteiger partial charge in [0, 0.05) is 31.2 Å². The largest absolute Gasteiger partial charge is 0.387 e. The van der Waals surface area contributed by atoms with Gasteiger partial charge in [-0.3, -0.25) is 4.90 Å². The summed E-state index contributed by atoms with van der Waals surface area (Å²) in [4.78, 5) is 4.53. The monoisotopic (exact) mass is 456 g/mol. The highest BCUT2D eigenvalue weighted by Crippen LogP contribution is 2.34. The maximum Gasteiger partial charge on any atom is 0.101 e. The predicted octanol–water partition coefficient (Wildman–Crippen LogP) is 4.99. The Morgan fingerprint density at radius 2 is 1.73 bits per heavy atom. The van der Waals surface area contributed by atoms with Crippen LogP contribution in [-0.4, -0.2) is 36.2 Å². The van der Waals surface area contributed by atoms with Crippen LogP contribution >= 0.6 is 11.6 Å². The molecule has 3 aromatic rings. The van der Waals surface area contributed by atoms with Gasteiger partial charge in [-0.15, -0.1) is 0 Å². The zero-order valence-corrected chi connectivity index (χ0v) is 19.2. The van der Waals surface area contributed by atoms with Gasteiger partial charge in [0.2, 0.25) is 0 Å². The highest BCUT2D eigenvalue weighted by molar-refractivity contribution is 6.30. The zero-order chi connectivity index (χ0) is 23.4. The molecule has 4 rings (SSSR count). The predicted molar refractivity (Wildman–Crippen MR) is 130 cm³/mol. The van der Waals surface area contributed by atoms with Crippen molar-refractivity contribution in [3.05, 3.63) is 99.6 Å². The van der Waals surface area contributed by atoms with Crippen LogP contribution in [0, 0.1) is 29.6 Å². The molecule has 3 aromatic carbocycles. The number of aliphatic hydroxyl groups excluding tert-OH is 1. The minimum Gasteiger partial charge on any atom is -0.387 e. The minimum atomic E-state index is -0.649. The fraction of sp³-hybridized carbons (Fsp3) is 0.259. The third-order valence-corrected chi connectivity index (χ3v) is 6.41. The van der Waals surface area contributed by atoms with Gasteiger partial charge in [-0.2, -0.15) is 10.5 Å². The lowest BCUT2D eigenvalue weighted by Gasteiger charge is -2.44. The molecule has 33 heavy (non-hydrogen) atoms. The molecule has 1 fully saturated rings. The third-order valence-electron chi connectivity index (χ3n) is 6.16. The first kappa shape index (κ1) is 22.8. The lowest BCUT2D eigenvalue weighted by Crippen LogP contribution is -2.49. The van der Waals surface area contributed by atoms with E-state index in [2.05, 4.69) is 21.9 Å². The number of nitriles is 2. The molecule has 1 aliphatic rings. The normalized spacial score (nSPS) is 17.2. The molecule has 0 spiro atoms. The second-order valence-corrected chi connectivity index (χ2v) is 8.84. The van der Waals surface area contributed by atoms with E-state index in [1.807, 2.05) is 61.5 Å². The van der Waals surface area contributed by atoms with E-state index in [0.29, 0.717) is 29.2 Å². The van der Waals surface area contributed by atoms with E-state index in [1.54, 1.807) is 12.1 Å². The van der Waals surface area contributed by atoms with E-state index in [9.17, 15) is 10.4 Å². The molecular weight excluding hydrogens is 432 g/mol. The van der Waals surface area contributed by atoms with Gasteiger partial charge in [0.05, 0.1) is 35.0 Å². The summed E-state index contributed by atoms with van der Waals surface area (Å²) >= 11 is 6.14. The summed E-state index contributed by atoms with van der Waals surface area (Å²) in [6.07, 6.45) is -0.649. The lowest BCUT2D eigenvalue weighted by molar-refractivity contribution is 0.100. The second kappa shape index (κ2) is 10.1. The number of rotatable bonds is 5. The molecule has 0 unspecified atom stereocenters. The van der Waals surface area contributed by atoms with Crippen molar-refractivity contribution in [3.8, 4) is 12.1 Å². The number of aliphatic hydroxyl groups is 1. The topological polar surface area (TPSA) is 74.3 Å². The molecule has 1 N–H and O–H groups in total. The number of hydrogen-bond acceptors (Lipinski definition) is 5. The van der Waals surface area contributed by atoms with Crippen molar-refractivity contribution in [1.82, 2.24) is 4.90 Å². The number of halogens is 1. The third kappa shape index (κ3) is 5.18. The van der Waals surface area contributed by atoms with Gasteiger partial charge < -0.3 is 10.0 Å². The van der Waals surface area contributed by atoms with Crippen LogP contribution in [0.4, 0.5) is 5.69 Å². The quantitative estimate of drug-likeness (QED) is 0.585. The maximum absolute atomic E-state index is 10.8. The molecule has 0 radical (unpaired) electrons. The Balaban J connectivity index is 1.59. The summed E-state index contributed by atoms with van der Waals surface area (Å²) in [5, 5.41) is 30.3. The van der Waals surface area contributed by atoms with E-state index < -0.39 is 6.10 Å². The van der Waals surface area contributed by atoms with E-state index in [-0.39, 0.29) is 6.04 Å². The second-order valence-electron chi connectivity index (χ2n) is 8.40. The number of benzene rings is 3. The van der Waals surface area contributed by atoms with Crippen molar-refractivity contribution >= 4 is 17.3 Å². The number of anilines is 1. The van der Waals surface area contributed by atoms with Crippen molar-refractivity contribution in [2.45, 2.75) is 19.1 Å². The molecule has 6 heteroatoms. The summed E-state index contributed by atoms with van der Waals surface area (Å²) in [6, 6.07) is 25.4. The summed E-state index contributed by atoms with van der Waals surface area (Å²) in [5.41, 5.74) is 5.14. The first-order valence-electron chi connectivity index (χ1n) is 10.9. The maximum atomic E-state index is 10.8. The Morgan fingerprint density at radius 3 is 2.39 bits per heavy atom. The van der Waals surface area contributed by atoms with Gasteiger partial charge in [0.1, 0.15) is 6.07 Å². The SMILES string of the molecule is Cc1ccc(N2CCN(C[C@@H](O)c3ccc(C#N)cc3)C[C@H]2c2ccc(Cl)cc2)c(C#N)c1. The summed E-state index contributed by atoms with van der Waals surface area (Å²) in [5.74, 6) is 0. The van der Waals surface area contributed by atoms with Gasteiger partial charge >= 0.3 is 0 Å². The fourth-order valence-electron chi connectivity index (χ4n) is 4.38. The number of hydrogen-bond donors (Lipinski definition) is 1. The minimum absolute atomic E-state index is 0.0130. The molecule has 0 bridgehead atoms. The molecule has 1 aliphatic heterocycles. The summed E-state index contributed by atoms with van der Waals surface area (Å²) in [6.45, 7) is 4.67. The van der Waals surface area contributed by atoms with E-state index in [0.717, 1.165) is 35.5 Å². The van der Waals surface area contributed by atoms with Crippen LogP contribution < -0.4 is 4.90 Å². The number of aryl methyl sites for hydroxylation is 1. The molecule has 1 heterocycles. The van der Waals surface area contributed by atoms with Gasteiger partial charge in [-0.25, -0.2) is 0 Å². The molecule has 5 nitrogen and oxygen atoms in total. The zero-order valence-electron chi connectivity index (χ0n) is 18.4. The highest BCUT2D eigenvalue weighted by atomic mass is 35.5. The van der Waals surface area contributed by atoms with Crippen LogP contribution in [0.15, 0.2) is 66.7 Å². The smallest absolute Gasteiger partial charge is 0.101 e. The van der Waals surface area contributed by atoms with Crippen molar-refractivity contribution in [2.24, 2.45) is 0 Å². The Kier molecular flexibility index (Phi) is 6.96. The Labute approximate surface area is 199 Å². The molecule has 0 amide bonds. The Hall–Kier alpha value is -3.35. The fourth-order valence-corrected chi connectivity index (χ4v) is 4.51. The van der Waals surface area contributed by atoms with E-state index in [1.165, 1.54) is 0 Å².